The summed E-state index contributed by atoms with van der Waals surface area (Å²) in [6, 6.07) is 15.6. The standard InChI is InChI=1S/C25H32N2O4/c1-18(2)31-25(29)27-15-13-19(14-16-27)17-30-23-11-9-21(10-12-23)20-5-7-22(8-6-20)24(28)26(3)4/h5-12,18-19H,13-17H2,1-4H3. The maximum absolute atomic E-state index is 12.0. The van der Waals surface area contributed by atoms with Gasteiger partial charge in [0.15, 0.2) is 0 Å². The van der Waals surface area contributed by atoms with Crippen LogP contribution in [-0.4, -0.2) is 61.7 Å². The van der Waals surface area contributed by atoms with Gasteiger partial charge in [0.05, 0.1) is 12.7 Å². The fourth-order valence-corrected chi connectivity index (χ4v) is 3.58. The first-order valence-corrected chi connectivity index (χ1v) is 10.8. The SMILES string of the molecule is CC(C)OC(=O)N1CCC(COc2ccc(-c3ccc(C(=O)N(C)C)cc3)cc2)CC1. The molecule has 0 aliphatic carbocycles. The maximum Gasteiger partial charge on any atom is 0.410 e. The Kier molecular flexibility index (Phi) is 7.55. The third-order valence-electron chi connectivity index (χ3n) is 5.42. The Morgan fingerprint density at radius 2 is 1.52 bits per heavy atom. The number of ether oxygens (including phenoxy) is 2. The molecule has 0 unspecified atom stereocenters. The molecule has 0 spiro atoms. The molecular formula is C25H32N2O4. The lowest BCUT2D eigenvalue weighted by Crippen LogP contribution is -2.40. The second-order valence-electron chi connectivity index (χ2n) is 8.48. The van der Waals surface area contributed by atoms with Gasteiger partial charge >= 0.3 is 6.09 Å². The Morgan fingerprint density at radius 1 is 0.968 bits per heavy atom. The number of hydrogen-bond acceptors (Lipinski definition) is 4. The number of benzene rings is 2. The van der Waals surface area contributed by atoms with E-state index in [1.807, 2.05) is 62.4 Å². The van der Waals surface area contributed by atoms with Gasteiger partial charge in [0.2, 0.25) is 0 Å². The van der Waals surface area contributed by atoms with E-state index in [0.717, 1.165) is 29.7 Å². The van der Waals surface area contributed by atoms with Crippen molar-refractivity contribution in [1.82, 2.24) is 9.80 Å². The third kappa shape index (κ3) is 6.23. The second kappa shape index (κ2) is 10.3. The summed E-state index contributed by atoms with van der Waals surface area (Å²) in [6.45, 7) is 5.80. The predicted molar refractivity (Wildman–Crippen MR) is 121 cm³/mol. The fraction of sp³-hybridized carbons (Fsp3) is 0.440. The molecule has 1 fully saturated rings. The van der Waals surface area contributed by atoms with Crippen LogP contribution in [0.1, 0.15) is 37.0 Å². The van der Waals surface area contributed by atoms with Crippen molar-refractivity contribution in [2.24, 2.45) is 5.92 Å². The first-order chi connectivity index (χ1) is 14.8. The normalized spacial score (nSPS) is 14.4. The number of carbonyl (C=O) groups is 2. The maximum atomic E-state index is 12.0. The van der Waals surface area contributed by atoms with Crippen LogP contribution in [0.15, 0.2) is 48.5 Å². The van der Waals surface area contributed by atoms with Crippen molar-refractivity contribution in [2.75, 3.05) is 33.8 Å². The molecule has 0 N–H and O–H groups in total. The van der Waals surface area contributed by atoms with Crippen LogP contribution in [-0.2, 0) is 4.74 Å². The highest BCUT2D eigenvalue weighted by Crippen LogP contribution is 2.25. The number of hydrogen-bond donors (Lipinski definition) is 0. The van der Waals surface area contributed by atoms with Crippen molar-refractivity contribution < 1.29 is 19.1 Å². The Bertz CT molecular complexity index is 867. The molecule has 6 heteroatoms. The lowest BCUT2D eigenvalue weighted by molar-refractivity contribution is 0.0608. The van der Waals surface area contributed by atoms with Crippen molar-refractivity contribution in [3.63, 3.8) is 0 Å². The molecule has 6 nitrogen and oxygen atoms in total. The van der Waals surface area contributed by atoms with Crippen molar-refractivity contribution in [1.29, 1.82) is 0 Å². The van der Waals surface area contributed by atoms with E-state index < -0.39 is 0 Å². The summed E-state index contributed by atoms with van der Waals surface area (Å²) in [5.74, 6) is 1.27. The van der Waals surface area contributed by atoms with Crippen LogP contribution >= 0.6 is 0 Å². The van der Waals surface area contributed by atoms with Crippen molar-refractivity contribution in [3.8, 4) is 16.9 Å². The van der Waals surface area contributed by atoms with Gasteiger partial charge in [-0.25, -0.2) is 4.79 Å². The molecule has 0 bridgehead atoms. The van der Waals surface area contributed by atoms with E-state index in [9.17, 15) is 9.59 Å². The molecule has 1 saturated heterocycles. The minimum absolute atomic E-state index is 0.00190. The van der Waals surface area contributed by atoms with E-state index in [1.165, 1.54) is 0 Å². The lowest BCUT2D eigenvalue weighted by atomic mass is 9.98. The molecule has 2 aromatic rings. The molecule has 1 aliphatic heterocycles. The summed E-state index contributed by atoms with van der Waals surface area (Å²) in [5.41, 5.74) is 2.81. The van der Waals surface area contributed by atoms with Gasteiger partial charge < -0.3 is 19.3 Å². The van der Waals surface area contributed by atoms with E-state index >= 15 is 0 Å². The third-order valence-corrected chi connectivity index (χ3v) is 5.42. The van der Waals surface area contributed by atoms with Crippen LogP contribution in [0.4, 0.5) is 4.79 Å². The molecule has 0 atom stereocenters. The van der Waals surface area contributed by atoms with E-state index in [0.29, 0.717) is 31.2 Å². The van der Waals surface area contributed by atoms with Gasteiger partial charge in [-0.2, -0.15) is 0 Å². The van der Waals surface area contributed by atoms with Crippen LogP contribution in [0.25, 0.3) is 11.1 Å². The smallest absolute Gasteiger partial charge is 0.410 e. The van der Waals surface area contributed by atoms with Gasteiger partial charge in [0.1, 0.15) is 5.75 Å². The molecule has 31 heavy (non-hydrogen) atoms. The molecule has 0 radical (unpaired) electrons. The number of carbonyl (C=O) groups excluding carboxylic acids is 2. The summed E-state index contributed by atoms with van der Waals surface area (Å²) < 4.78 is 11.3. The average molecular weight is 425 g/mol. The topological polar surface area (TPSA) is 59.1 Å². The van der Waals surface area contributed by atoms with E-state index in [4.69, 9.17) is 9.47 Å². The van der Waals surface area contributed by atoms with Gasteiger partial charge in [0, 0.05) is 32.7 Å². The molecule has 166 valence electrons. The summed E-state index contributed by atoms with van der Waals surface area (Å²) >= 11 is 0. The Hall–Kier alpha value is -3.02. The molecule has 1 aliphatic rings. The van der Waals surface area contributed by atoms with Crippen LogP contribution in [0.5, 0.6) is 5.75 Å². The first-order valence-electron chi connectivity index (χ1n) is 10.8. The summed E-state index contributed by atoms with van der Waals surface area (Å²) in [6.07, 6.45) is 1.53. The highest BCUT2D eigenvalue weighted by Gasteiger charge is 2.24. The molecule has 3 rings (SSSR count). The number of rotatable bonds is 6. The van der Waals surface area contributed by atoms with Gasteiger partial charge in [-0.15, -0.1) is 0 Å². The molecular weight excluding hydrogens is 392 g/mol. The number of amides is 2. The van der Waals surface area contributed by atoms with E-state index in [2.05, 4.69) is 0 Å². The molecule has 1 heterocycles. The van der Waals surface area contributed by atoms with Crippen molar-refractivity contribution >= 4 is 12.0 Å². The van der Waals surface area contributed by atoms with Gasteiger partial charge in [0.25, 0.3) is 5.91 Å². The van der Waals surface area contributed by atoms with Gasteiger partial charge in [-0.3, -0.25) is 4.79 Å². The molecule has 2 aromatic carbocycles. The highest BCUT2D eigenvalue weighted by atomic mass is 16.6. The molecule has 0 saturated carbocycles. The number of nitrogens with zero attached hydrogens (tertiary/aromatic N) is 2. The van der Waals surface area contributed by atoms with Crippen LogP contribution in [0.2, 0.25) is 0 Å². The zero-order chi connectivity index (χ0) is 22.4. The largest absolute Gasteiger partial charge is 0.493 e. The minimum atomic E-state index is -0.218. The van der Waals surface area contributed by atoms with E-state index in [-0.39, 0.29) is 18.1 Å². The predicted octanol–water partition coefficient (Wildman–Crippen LogP) is 4.69. The fourth-order valence-electron chi connectivity index (χ4n) is 3.58. The first kappa shape index (κ1) is 22.7. The Morgan fingerprint density at radius 3 is 2.03 bits per heavy atom. The van der Waals surface area contributed by atoms with Gasteiger partial charge in [-0.1, -0.05) is 24.3 Å². The Labute approximate surface area is 184 Å². The number of piperidine rings is 1. The van der Waals surface area contributed by atoms with Crippen LogP contribution in [0, 0.1) is 5.92 Å². The Balaban J connectivity index is 1.48. The second-order valence-corrected chi connectivity index (χ2v) is 8.48. The zero-order valence-electron chi connectivity index (χ0n) is 18.8. The zero-order valence-corrected chi connectivity index (χ0v) is 18.8. The monoisotopic (exact) mass is 424 g/mol. The molecule has 0 aromatic heterocycles. The van der Waals surface area contributed by atoms with E-state index in [1.54, 1.807) is 23.9 Å². The van der Waals surface area contributed by atoms with Gasteiger partial charge in [-0.05, 0) is 68.0 Å². The van der Waals surface area contributed by atoms with Crippen LogP contribution in [0.3, 0.4) is 0 Å². The van der Waals surface area contributed by atoms with Crippen molar-refractivity contribution in [2.45, 2.75) is 32.8 Å². The summed E-state index contributed by atoms with van der Waals surface area (Å²) in [4.78, 5) is 27.3. The highest BCUT2D eigenvalue weighted by molar-refractivity contribution is 5.94. The quantitative estimate of drug-likeness (QED) is 0.675. The lowest BCUT2D eigenvalue weighted by Gasteiger charge is -2.31. The number of likely N-dealkylation sites (tertiary alicyclic amines) is 1. The van der Waals surface area contributed by atoms with Crippen LogP contribution < -0.4 is 4.74 Å². The molecule has 2 amide bonds. The minimum Gasteiger partial charge on any atom is -0.493 e. The summed E-state index contributed by atoms with van der Waals surface area (Å²) in [5, 5.41) is 0. The van der Waals surface area contributed by atoms with Crippen molar-refractivity contribution in [3.05, 3.63) is 54.1 Å². The average Bonchev–Trinajstić information content (AvgIpc) is 2.77. The summed E-state index contributed by atoms with van der Waals surface area (Å²) in [7, 11) is 3.50.